The second-order valence-electron chi connectivity index (χ2n) is 2.73. The molecule has 70 valence electrons. The Bertz CT molecular complexity index is 443. The molecule has 0 saturated heterocycles. The summed E-state index contributed by atoms with van der Waals surface area (Å²) < 4.78 is 0. The molecule has 0 atom stereocenters. The third-order valence-electron chi connectivity index (χ3n) is 1.98. The number of aldehydes is 1. The molecule has 0 spiro atoms. The highest BCUT2D eigenvalue weighted by molar-refractivity contribution is 5.98. The van der Waals surface area contributed by atoms with Crippen LogP contribution >= 0.6 is 0 Å². The summed E-state index contributed by atoms with van der Waals surface area (Å²) in [5.41, 5.74) is 0.715. The highest BCUT2D eigenvalue weighted by Crippen LogP contribution is 2.16. The van der Waals surface area contributed by atoms with Gasteiger partial charge in [-0.3, -0.25) is 4.79 Å². The van der Waals surface area contributed by atoms with Crippen LogP contribution in [0.15, 0.2) is 12.1 Å². The Morgan fingerprint density at radius 2 is 2.21 bits per heavy atom. The van der Waals surface area contributed by atoms with Gasteiger partial charge in [-0.1, -0.05) is 0 Å². The van der Waals surface area contributed by atoms with E-state index in [4.69, 9.17) is 10.4 Å². The first kappa shape index (κ1) is 9.93. The second kappa shape index (κ2) is 3.71. The zero-order valence-corrected chi connectivity index (χ0v) is 7.44. The molecule has 1 aromatic rings. The van der Waals surface area contributed by atoms with E-state index < -0.39 is 5.97 Å². The van der Waals surface area contributed by atoms with E-state index in [0.717, 1.165) is 0 Å². The van der Waals surface area contributed by atoms with E-state index in [1.165, 1.54) is 12.1 Å². The third-order valence-corrected chi connectivity index (χ3v) is 1.98. The average Bonchev–Trinajstić information content (AvgIpc) is 2.17. The maximum atomic E-state index is 10.7. The van der Waals surface area contributed by atoms with Gasteiger partial charge in [0.25, 0.3) is 0 Å². The quantitative estimate of drug-likeness (QED) is 0.713. The molecule has 1 rings (SSSR count). The monoisotopic (exact) mass is 189 g/mol. The van der Waals surface area contributed by atoms with Gasteiger partial charge in [0.05, 0.1) is 17.2 Å². The first-order chi connectivity index (χ1) is 6.61. The molecule has 0 fully saturated rings. The predicted molar refractivity (Wildman–Crippen MR) is 48.2 cm³/mol. The molecule has 4 nitrogen and oxygen atoms in total. The molecule has 1 N–H and O–H groups in total. The highest BCUT2D eigenvalue weighted by Gasteiger charge is 2.13. The summed E-state index contributed by atoms with van der Waals surface area (Å²) in [6.07, 6.45) is 0.458. The normalized spacial score (nSPS) is 9.14. The Morgan fingerprint density at radius 3 is 2.64 bits per heavy atom. The van der Waals surface area contributed by atoms with Crippen molar-refractivity contribution in [2.45, 2.75) is 6.92 Å². The zero-order valence-electron chi connectivity index (χ0n) is 7.44. The number of nitrogens with zero attached hydrogens (tertiary/aromatic N) is 1. The molecule has 0 saturated carbocycles. The van der Waals surface area contributed by atoms with Gasteiger partial charge >= 0.3 is 5.97 Å². The average molecular weight is 189 g/mol. The van der Waals surface area contributed by atoms with Crippen molar-refractivity contribution >= 4 is 12.3 Å². The van der Waals surface area contributed by atoms with Crippen LogP contribution in [0.4, 0.5) is 0 Å². The van der Waals surface area contributed by atoms with Crippen molar-refractivity contribution in [2.75, 3.05) is 0 Å². The summed E-state index contributed by atoms with van der Waals surface area (Å²) in [5.74, 6) is -1.17. The predicted octanol–water partition coefficient (Wildman–Crippen LogP) is 1.38. The first-order valence-electron chi connectivity index (χ1n) is 3.84. The van der Waals surface area contributed by atoms with Crippen LogP contribution in [-0.2, 0) is 0 Å². The fourth-order valence-corrected chi connectivity index (χ4v) is 1.19. The number of rotatable bonds is 2. The Morgan fingerprint density at radius 1 is 1.57 bits per heavy atom. The van der Waals surface area contributed by atoms with Crippen molar-refractivity contribution in [3.63, 3.8) is 0 Å². The van der Waals surface area contributed by atoms with Crippen molar-refractivity contribution < 1.29 is 14.7 Å². The van der Waals surface area contributed by atoms with Crippen LogP contribution in [0.3, 0.4) is 0 Å². The number of hydrogen-bond donors (Lipinski definition) is 1. The maximum absolute atomic E-state index is 10.7. The van der Waals surface area contributed by atoms with Gasteiger partial charge in [0, 0.05) is 5.56 Å². The number of benzene rings is 1. The summed E-state index contributed by atoms with van der Waals surface area (Å²) in [6.45, 7) is 1.55. The van der Waals surface area contributed by atoms with E-state index in [-0.39, 0.29) is 11.1 Å². The van der Waals surface area contributed by atoms with Gasteiger partial charge in [-0.15, -0.1) is 0 Å². The van der Waals surface area contributed by atoms with E-state index >= 15 is 0 Å². The van der Waals surface area contributed by atoms with Crippen molar-refractivity contribution in [1.29, 1.82) is 5.26 Å². The fourth-order valence-electron chi connectivity index (χ4n) is 1.19. The largest absolute Gasteiger partial charge is 0.478 e. The smallest absolute Gasteiger partial charge is 0.336 e. The summed E-state index contributed by atoms with van der Waals surface area (Å²) >= 11 is 0. The fraction of sp³-hybridized carbons (Fsp3) is 0.100. The van der Waals surface area contributed by atoms with Gasteiger partial charge in [-0.05, 0) is 24.6 Å². The van der Waals surface area contributed by atoms with E-state index in [2.05, 4.69) is 0 Å². The van der Waals surface area contributed by atoms with Crippen LogP contribution in [0.1, 0.15) is 31.8 Å². The number of hydrogen-bond acceptors (Lipinski definition) is 3. The van der Waals surface area contributed by atoms with Crippen LogP contribution in [0, 0.1) is 18.3 Å². The van der Waals surface area contributed by atoms with Crippen LogP contribution in [0.2, 0.25) is 0 Å². The standard InChI is InChI=1S/C10H7NO3/c1-6-7(4-11)2-3-8(10(13)14)9(6)5-12/h2-3,5H,1H3,(H,13,14). The minimum atomic E-state index is -1.17. The molecule has 0 amide bonds. The van der Waals surface area contributed by atoms with Crippen LogP contribution in [0.5, 0.6) is 0 Å². The van der Waals surface area contributed by atoms with Crippen molar-refractivity contribution in [1.82, 2.24) is 0 Å². The Hall–Kier alpha value is -2.15. The molecule has 0 aliphatic heterocycles. The van der Waals surface area contributed by atoms with Gasteiger partial charge < -0.3 is 5.11 Å². The number of carbonyl (C=O) groups excluding carboxylic acids is 1. The van der Waals surface area contributed by atoms with Crippen molar-refractivity contribution in [3.8, 4) is 6.07 Å². The molecule has 0 unspecified atom stereocenters. The lowest BCUT2D eigenvalue weighted by atomic mass is 9.98. The van der Waals surface area contributed by atoms with E-state index in [1.807, 2.05) is 6.07 Å². The molecule has 0 aromatic heterocycles. The number of aromatic carboxylic acids is 1. The van der Waals surface area contributed by atoms with Crippen LogP contribution in [-0.4, -0.2) is 17.4 Å². The minimum Gasteiger partial charge on any atom is -0.478 e. The second-order valence-corrected chi connectivity index (χ2v) is 2.73. The Kier molecular flexibility index (Phi) is 2.63. The lowest BCUT2D eigenvalue weighted by Gasteiger charge is -2.04. The van der Waals surface area contributed by atoms with Gasteiger partial charge in [-0.2, -0.15) is 5.26 Å². The molecule has 0 aliphatic carbocycles. The molecule has 4 heteroatoms. The SMILES string of the molecule is Cc1c(C#N)ccc(C(=O)O)c1C=O. The van der Waals surface area contributed by atoms with Crippen molar-refractivity contribution in [3.05, 3.63) is 34.4 Å². The molecule has 0 radical (unpaired) electrons. The van der Waals surface area contributed by atoms with E-state index in [9.17, 15) is 9.59 Å². The molecular formula is C10H7NO3. The number of nitriles is 1. The molecule has 0 bridgehead atoms. The van der Waals surface area contributed by atoms with Crippen molar-refractivity contribution in [2.24, 2.45) is 0 Å². The zero-order chi connectivity index (χ0) is 10.7. The summed E-state index contributed by atoms with van der Waals surface area (Å²) in [6, 6.07) is 4.54. The van der Waals surface area contributed by atoms with E-state index in [1.54, 1.807) is 6.92 Å². The lowest BCUT2D eigenvalue weighted by Crippen LogP contribution is -2.04. The number of carbonyl (C=O) groups is 2. The minimum absolute atomic E-state index is 0.0663. The molecule has 1 aromatic carbocycles. The third kappa shape index (κ3) is 1.48. The van der Waals surface area contributed by atoms with E-state index in [0.29, 0.717) is 17.4 Å². The van der Waals surface area contributed by atoms with Gasteiger partial charge in [0.2, 0.25) is 0 Å². The molecule has 14 heavy (non-hydrogen) atoms. The summed E-state index contributed by atoms with van der Waals surface area (Å²) in [7, 11) is 0. The Balaban J connectivity index is 3.53. The molecular weight excluding hydrogens is 182 g/mol. The summed E-state index contributed by atoms with van der Waals surface area (Å²) in [5, 5.41) is 17.4. The first-order valence-corrected chi connectivity index (χ1v) is 3.84. The summed E-state index contributed by atoms with van der Waals surface area (Å²) in [4.78, 5) is 21.3. The topological polar surface area (TPSA) is 78.2 Å². The van der Waals surface area contributed by atoms with Gasteiger partial charge in [0.1, 0.15) is 0 Å². The van der Waals surface area contributed by atoms with Gasteiger partial charge in [0.15, 0.2) is 6.29 Å². The number of carboxylic acids is 1. The van der Waals surface area contributed by atoms with Gasteiger partial charge in [-0.25, -0.2) is 4.79 Å². The lowest BCUT2D eigenvalue weighted by molar-refractivity contribution is 0.0694. The van der Waals surface area contributed by atoms with Crippen LogP contribution in [0.25, 0.3) is 0 Å². The number of carboxylic acid groups (broad SMARTS) is 1. The molecule has 0 aliphatic rings. The maximum Gasteiger partial charge on any atom is 0.336 e. The Labute approximate surface area is 80.4 Å². The molecule has 0 heterocycles. The van der Waals surface area contributed by atoms with Crippen LogP contribution < -0.4 is 0 Å². The highest BCUT2D eigenvalue weighted by atomic mass is 16.4.